The standard InChI is InChI=1S/C24H27N3O7/c1-31-19-11-16(12-20(32-2)23(19)33-3)25-21(28)13-27-17-10-15(24(30)26-8-4-5-9-26)6-7-18(17)34-14-22(27)29/h6-7,10-12H,4-5,8-9,13-14H2,1-3H3,(H,25,28). The Kier molecular flexibility index (Phi) is 6.76. The fraction of sp³-hybridized carbons (Fsp3) is 0.375. The summed E-state index contributed by atoms with van der Waals surface area (Å²) in [5.41, 5.74) is 1.26. The second-order valence-electron chi connectivity index (χ2n) is 7.91. The first-order valence-corrected chi connectivity index (χ1v) is 10.9. The number of nitrogens with zero attached hydrogens (tertiary/aromatic N) is 2. The highest BCUT2D eigenvalue weighted by Gasteiger charge is 2.29. The van der Waals surface area contributed by atoms with Crippen molar-refractivity contribution < 1.29 is 33.3 Å². The number of nitrogens with one attached hydrogen (secondary N) is 1. The second kappa shape index (κ2) is 9.90. The second-order valence-corrected chi connectivity index (χ2v) is 7.91. The molecule has 0 aromatic heterocycles. The van der Waals surface area contributed by atoms with Gasteiger partial charge in [0.2, 0.25) is 11.7 Å². The molecule has 0 unspecified atom stereocenters. The van der Waals surface area contributed by atoms with Gasteiger partial charge in [-0.2, -0.15) is 0 Å². The lowest BCUT2D eigenvalue weighted by molar-refractivity contribution is -0.123. The molecule has 2 aromatic carbocycles. The Labute approximate surface area is 197 Å². The highest BCUT2D eigenvalue weighted by atomic mass is 16.5. The van der Waals surface area contributed by atoms with Gasteiger partial charge in [-0.3, -0.25) is 19.3 Å². The van der Waals surface area contributed by atoms with Gasteiger partial charge in [0, 0.05) is 36.5 Å². The largest absolute Gasteiger partial charge is 0.493 e. The van der Waals surface area contributed by atoms with E-state index in [0.29, 0.717) is 53.0 Å². The molecule has 0 radical (unpaired) electrons. The molecule has 2 aliphatic rings. The quantitative estimate of drug-likeness (QED) is 0.663. The van der Waals surface area contributed by atoms with E-state index in [1.165, 1.54) is 26.2 Å². The molecular formula is C24H27N3O7. The van der Waals surface area contributed by atoms with Crippen LogP contribution in [0.2, 0.25) is 0 Å². The lowest BCUT2D eigenvalue weighted by atomic mass is 10.1. The molecule has 3 amide bonds. The summed E-state index contributed by atoms with van der Waals surface area (Å²) < 4.78 is 21.5. The smallest absolute Gasteiger partial charge is 0.265 e. The Hall–Kier alpha value is -3.95. The van der Waals surface area contributed by atoms with E-state index in [1.54, 1.807) is 35.2 Å². The van der Waals surface area contributed by atoms with Crippen molar-refractivity contribution in [3.63, 3.8) is 0 Å². The van der Waals surface area contributed by atoms with Crippen molar-refractivity contribution in [2.45, 2.75) is 12.8 Å². The molecule has 0 atom stereocenters. The van der Waals surface area contributed by atoms with Gasteiger partial charge < -0.3 is 29.2 Å². The van der Waals surface area contributed by atoms with Gasteiger partial charge in [0.15, 0.2) is 18.1 Å². The lowest BCUT2D eigenvalue weighted by Crippen LogP contribution is -2.43. The topological polar surface area (TPSA) is 107 Å². The van der Waals surface area contributed by atoms with Gasteiger partial charge in [-0.15, -0.1) is 0 Å². The van der Waals surface area contributed by atoms with E-state index < -0.39 is 5.91 Å². The van der Waals surface area contributed by atoms with Crippen molar-refractivity contribution in [3.05, 3.63) is 35.9 Å². The van der Waals surface area contributed by atoms with E-state index in [-0.39, 0.29) is 25.0 Å². The Balaban J connectivity index is 1.55. The van der Waals surface area contributed by atoms with Crippen LogP contribution in [0, 0.1) is 0 Å². The first kappa shape index (κ1) is 23.2. The normalized spacial score (nSPS) is 14.9. The first-order valence-electron chi connectivity index (χ1n) is 10.9. The number of rotatable bonds is 7. The number of benzene rings is 2. The van der Waals surface area contributed by atoms with Crippen LogP contribution in [0.4, 0.5) is 11.4 Å². The van der Waals surface area contributed by atoms with Crippen LogP contribution in [0.25, 0.3) is 0 Å². The highest BCUT2D eigenvalue weighted by molar-refractivity contribution is 6.06. The maximum absolute atomic E-state index is 12.9. The van der Waals surface area contributed by atoms with E-state index in [9.17, 15) is 14.4 Å². The molecule has 0 aliphatic carbocycles. The summed E-state index contributed by atoms with van der Waals surface area (Å²) in [6, 6.07) is 8.15. The maximum atomic E-state index is 12.9. The number of anilines is 2. The molecule has 2 heterocycles. The minimum atomic E-state index is -0.438. The van der Waals surface area contributed by atoms with Gasteiger partial charge in [0.25, 0.3) is 11.8 Å². The molecule has 1 saturated heterocycles. The molecule has 1 N–H and O–H groups in total. The third kappa shape index (κ3) is 4.57. The van der Waals surface area contributed by atoms with Crippen molar-refractivity contribution >= 4 is 29.1 Å². The fourth-order valence-corrected chi connectivity index (χ4v) is 4.11. The summed E-state index contributed by atoms with van der Waals surface area (Å²) in [6.45, 7) is 0.982. The zero-order chi connectivity index (χ0) is 24.2. The molecule has 0 saturated carbocycles. The van der Waals surface area contributed by atoms with Crippen molar-refractivity contribution in [3.8, 4) is 23.0 Å². The van der Waals surface area contributed by atoms with Gasteiger partial charge >= 0.3 is 0 Å². The minimum Gasteiger partial charge on any atom is -0.493 e. The Morgan fingerprint density at radius 3 is 2.29 bits per heavy atom. The molecule has 180 valence electrons. The molecule has 10 heteroatoms. The third-order valence-electron chi connectivity index (χ3n) is 5.79. The number of methoxy groups -OCH3 is 3. The number of ether oxygens (including phenoxy) is 4. The SMILES string of the molecule is COc1cc(NC(=O)CN2C(=O)COc3ccc(C(=O)N4CCCC4)cc32)cc(OC)c1OC. The van der Waals surface area contributed by atoms with Crippen LogP contribution in [0.5, 0.6) is 23.0 Å². The van der Waals surface area contributed by atoms with E-state index in [2.05, 4.69) is 5.32 Å². The fourth-order valence-electron chi connectivity index (χ4n) is 4.11. The third-order valence-corrected chi connectivity index (χ3v) is 5.79. The van der Waals surface area contributed by atoms with Crippen LogP contribution in [0.15, 0.2) is 30.3 Å². The summed E-state index contributed by atoms with van der Waals surface area (Å²) in [5.74, 6) is 0.698. The van der Waals surface area contributed by atoms with Crippen molar-refractivity contribution in [1.82, 2.24) is 4.90 Å². The summed E-state index contributed by atoms with van der Waals surface area (Å²) in [6.07, 6.45) is 1.96. The number of fused-ring (bicyclic) bond motifs is 1. The number of likely N-dealkylation sites (tertiary alicyclic amines) is 1. The number of amides is 3. The van der Waals surface area contributed by atoms with Gasteiger partial charge in [-0.1, -0.05) is 0 Å². The molecule has 0 spiro atoms. The number of hydrogen-bond acceptors (Lipinski definition) is 7. The first-order chi connectivity index (χ1) is 16.4. The summed E-state index contributed by atoms with van der Waals surface area (Å²) in [4.78, 5) is 41.5. The molecular weight excluding hydrogens is 442 g/mol. The Morgan fingerprint density at radius 2 is 1.68 bits per heavy atom. The van der Waals surface area contributed by atoms with Crippen LogP contribution in [0.3, 0.4) is 0 Å². The predicted molar refractivity (Wildman–Crippen MR) is 124 cm³/mol. The monoisotopic (exact) mass is 469 g/mol. The summed E-state index contributed by atoms with van der Waals surface area (Å²) in [7, 11) is 4.45. The summed E-state index contributed by atoms with van der Waals surface area (Å²) in [5, 5.41) is 2.76. The zero-order valence-electron chi connectivity index (χ0n) is 19.4. The van der Waals surface area contributed by atoms with Gasteiger partial charge in [0.1, 0.15) is 12.3 Å². The predicted octanol–water partition coefficient (Wildman–Crippen LogP) is 2.31. The number of carbonyl (C=O) groups is 3. The maximum Gasteiger partial charge on any atom is 0.265 e. The number of hydrogen-bond donors (Lipinski definition) is 1. The molecule has 10 nitrogen and oxygen atoms in total. The Morgan fingerprint density at radius 1 is 1.00 bits per heavy atom. The van der Waals surface area contributed by atoms with Crippen molar-refractivity contribution in [1.29, 1.82) is 0 Å². The molecule has 2 aromatic rings. The average molecular weight is 469 g/mol. The van der Waals surface area contributed by atoms with Crippen LogP contribution in [-0.2, 0) is 9.59 Å². The van der Waals surface area contributed by atoms with Crippen LogP contribution < -0.4 is 29.2 Å². The van der Waals surface area contributed by atoms with Gasteiger partial charge in [0.05, 0.1) is 27.0 Å². The van der Waals surface area contributed by atoms with Crippen molar-refractivity contribution in [2.75, 3.05) is 57.8 Å². The lowest BCUT2D eigenvalue weighted by Gasteiger charge is -2.29. The zero-order valence-corrected chi connectivity index (χ0v) is 19.4. The van der Waals surface area contributed by atoms with E-state index in [4.69, 9.17) is 18.9 Å². The Bertz CT molecular complexity index is 1090. The van der Waals surface area contributed by atoms with Crippen LogP contribution in [0.1, 0.15) is 23.2 Å². The van der Waals surface area contributed by atoms with E-state index in [1.807, 2.05) is 0 Å². The molecule has 0 bridgehead atoms. The average Bonchev–Trinajstić information content (AvgIpc) is 3.39. The molecule has 34 heavy (non-hydrogen) atoms. The summed E-state index contributed by atoms with van der Waals surface area (Å²) >= 11 is 0. The molecule has 1 fully saturated rings. The van der Waals surface area contributed by atoms with Crippen molar-refractivity contribution in [2.24, 2.45) is 0 Å². The van der Waals surface area contributed by atoms with Crippen LogP contribution in [-0.4, -0.2) is 70.2 Å². The highest BCUT2D eigenvalue weighted by Crippen LogP contribution is 2.40. The van der Waals surface area contributed by atoms with E-state index >= 15 is 0 Å². The minimum absolute atomic E-state index is 0.0971. The van der Waals surface area contributed by atoms with E-state index in [0.717, 1.165) is 12.8 Å². The van der Waals surface area contributed by atoms with Crippen LogP contribution >= 0.6 is 0 Å². The molecule has 2 aliphatic heterocycles. The molecule has 4 rings (SSSR count). The van der Waals surface area contributed by atoms with Gasteiger partial charge in [-0.25, -0.2) is 0 Å². The van der Waals surface area contributed by atoms with Gasteiger partial charge in [-0.05, 0) is 31.0 Å². The number of carbonyl (C=O) groups excluding carboxylic acids is 3.